The lowest BCUT2D eigenvalue weighted by Gasteiger charge is -2.08. The average Bonchev–Trinajstić information content (AvgIpc) is 2.40. The summed E-state index contributed by atoms with van der Waals surface area (Å²) in [5, 5.41) is 0.226. The molecule has 0 aliphatic rings. The lowest BCUT2D eigenvalue weighted by molar-refractivity contribution is 0.0386. The second-order valence-electron chi connectivity index (χ2n) is 3.80. The number of benzene rings is 1. The van der Waals surface area contributed by atoms with Crippen LogP contribution in [0.25, 0.3) is 0 Å². The van der Waals surface area contributed by atoms with Crippen molar-refractivity contribution in [3.8, 4) is 0 Å². The molecule has 2 N–H and O–H groups in total. The number of nitrogens with two attached hydrogens (primary N) is 1. The van der Waals surface area contributed by atoms with Gasteiger partial charge < -0.3 is 19.9 Å². The van der Waals surface area contributed by atoms with Crippen LogP contribution in [0.5, 0.6) is 0 Å². The van der Waals surface area contributed by atoms with Gasteiger partial charge in [-0.25, -0.2) is 4.79 Å². The minimum Gasteiger partial charge on any atom is -0.462 e. The van der Waals surface area contributed by atoms with Crippen LogP contribution in [0.2, 0.25) is 5.02 Å². The van der Waals surface area contributed by atoms with E-state index in [1.807, 2.05) is 0 Å². The summed E-state index contributed by atoms with van der Waals surface area (Å²) < 4.78 is 15.2. The summed E-state index contributed by atoms with van der Waals surface area (Å²) in [6.45, 7) is 1.88. The van der Waals surface area contributed by atoms with E-state index in [0.29, 0.717) is 31.9 Å². The first-order valence-electron chi connectivity index (χ1n) is 5.94. The van der Waals surface area contributed by atoms with Crippen molar-refractivity contribution in [3.63, 3.8) is 0 Å². The fraction of sp³-hybridized carbons (Fsp3) is 0.462. The number of ether oxygens (including phenoxy) is 3. The van der Waals surface area contributed by atoms with Gasteiger partial charge in [-0.2, -0.15) is 0 Å². The van der Waals surface area contributed by atoms with Crippen molar-refractivity contribution >= 4 is 23.3 Å². The molecule has 19 heavy (non-hydrogen) atoms. The van der Waals surface area contributed by atoms with Crippen LogP contribution in [0, 0.1) is 0 Å². The molecule has 1 aromatic carbocycles. The number of hydrogen-bond acceptors (Lipinski definition) is 5. The Hall–Kier alpha value is -1.30. The summed E-state index contributed by atoms with van der Waals surface area (Å²) in [6.07, 6.45) is 0.620. The number of rotatable bonds is 8. The van der Waals surface area contributed by atoms with Crippen molar-refractivity contribution in [2.75, 3.05) is 39.3 Å². The number of nitrogen functional groups attached to an aromatic ring is 1. The Morgan fingerprint density at radius 3 is 2.79 bits per heavy atom. The lowest BCUT2D eigenvalue weighted by Crippen LogP contribution is -2.10. The van der Waals surface area contributed by atoms with Crippen molar-refractivity contribution < 1.29 is 19.0 Å². The van der Waals surface area contributed by atoms with Crippen LogP contribution in [0.15, 0.2) is 18.2 Å². The van der Waals surface area contributed by atoms with E-state index in [4.69, 9.17) is 31.5 Å². The lowest BCUT2D eigenvalue weighted by atomic mass is 10.2. The second kappa shape index (κ2) is 8.74. The van der Waals surface area contributed by atoms with E-state index in [-0.39, 0.29) is 17.2 Å². The fourth-order valence-corrected chi connectivity index (χ4v) is 1.56. The Balaban J connectivity index is 2.26. The normalized spacial score (nSPS) is 10.4. The van der Waals surface area contributed by atoms with Gasteiger partial charge in [0, 0.05) is 20.1 Å². The number of carbonyl (C=O) groups is 1. The fourth-order valence-electron chi connectivity index (χ4n) is 1.36. The first-order valence-corrected chi connectivity index (χ1v) is 6.32. The molecule has 1 aromatic rings. The summed E-state index contributed by atoms with van der Waals surface area (Å²) in [6, 6.07) is 4.87. The maximum absolute atomic E-state index is 11.7. The molecule has 0 amide bonds. The molecule has 5 nitrogen and oxygen atoms in total. The summed E-state index contributed by atoms with van der Waals surface area (Å²) in [4.78, 5) is 11.7. The minimum absolute atomic E-state index is 0.226. The Bertz CT molecular complexity index is 412. The van der Waals surface area contributed by atoms with E-state index < -0.39 is 5.97 Å². The maximum Gasteiger partial charge on any atom is 0.339 e. The Kier molecular flexibility index (Phi) is 7.25. The van der Waals surface area contributed by atoms with E-state index in [1.165, 1.54) is 0 Å². The third-order valence-corrected chi connectivity index (χ3v) is 2.77. The molecule has 0 atom stereocenters. The molecule has 0 aliphatic heterocycles. The summed E-state index contributed by atoms with van der Waals surface area (Å²) >= 11 is 5.92. The summed E-state index contributed by atoms with van der Waals surface area (Å²) in [5.41, 5.74) is 6.25. The Morgan fingerprint density at radius 2 is 2.05 bits per heavy atom. The highest BCUT2D eigenvalue weighted by Crippen LogP contribution is 2.23. The van der Waals surface area contributed by atoms with Crippen molar-refractivity contribution in [3.05, 3.63) is 28.8 Å². The zero-order valence-corrected chi connectivity index (χ0v) is 11.6. The number of esters is 1. The summed E-state index contributed by atoms with van der Waals surface area (Å²) in [5.74, 6) is -0.478. The van der Waals surface area contributed by atoms with Crippen molar-refractivity contribution in [2.45, 2.75) is 6.42 Å². The number of anilines is 1. The number of hydrogen-bond donors (Lipinski definition) is 1. The average molecular weight is 288 g/mol. The molecular weight excluding hydrogens is 270 g/mol. The van der Waals surface area contributed by atoms with Gasteiger partial charge in [0.1, 0.15) is 0 Å². The Labute approximate surface area is 117 Å². The van der Waals surface area contributed by atoms with Gasteiger partial charge in [0.15, 0.2) is 0 Å². The van der Waals surface area contributed by atoms with Crippen LogP contribution >= 0.6 is 11.6 Å². The smallest absolute Gasteiger partial charge is 0.339 e. The molecule has 0 saturated heterocycles. The van der Waals surface area contributed by atoms with Crippen molar-refractivity contribution in [2.24, 2.45) is 0 Å². The first kappa shape index (κ1) is 15.8. The quantitative estimate of drug-likeness (QED) is 0.450. The minimum atomic E-state index is -0.478. The molecule has 0 unspecified atom stereocenters. The third kappa shape index (κ3) is 5.46. The predicted octanol–water partition coefficient (Wildman–Crippen LogP) is 2.13. The van der Waals surface area contributed by atoms with Crippen LogP contribution in [0.1, 0.15) is 16.8 Å². The molecule has 0 bridgehead atoms. The van der Waals surface area contributed by atoms with Gasteiger partial charge in [0.2, 0.25) is 0 Å². The molecule has 0 fully saturated rings. The molecule has 0 heterocycles. The van der Waals surface area contributed by atoms with Crippen LogP contribution in [0.3, 0.4) is 0 Å². The van der Waals surface area contributed by atoms with E-state index in [9.17, 15) is 4.79 Å². The molecule has 0 aromatic heterocycles. The number of halogens is 1. The summed E-state index contributed by atoms with van der Waals surface area (Å²) in [7, 11) is 1.61. The molecule has 6 heteroatoms. The SMILES string of the molecule is COCCOCCCOC(=O)c1cccc(N)c1Cl. The first-order chi connectivity index (χ1) is 9.16. The highest BCUT2D eigenvalue weighted by molar-refractivity contribution is 6.36. The zero-order chi connectivity index (χ0) is 14.1. The van der Waals surface area contributed by atoms with Gasteiger partial charge in [-0.05, 0) is 12.1 Å². The third-order valence-electron chi connectivity index (χ3n) is 2.35. The maximum atomic E-state index is 11.7. The number of carbonyl (C=O) groups excluding carboxylic acids is 1. The molecular formula is C13H18ClNO4. The molecule has 106 valence electrons. The van der Waals surface area contributed by atoms with Gasteiger partial charge in [-0.3, -0.25) is 0 Å². The van der Waals surface area contributed by atoms with Crippen LogP contribution in [-0.4, -0.2) is 39.5 Å². The number of methoxy groups -OCH3 is 1. The second-order valence-corrected chi connectivity index (χ2v) is 4.18. The molecule has 0 radical (unpaired) electrons. The van der Waals surface area contributed by atoms with Gasteiger partial charge in [0.05, 0.1) is 36.1 Å². The molecule has 0 aliphatic carbocycles. The molecule has 0 spiro atoms. The molecule has 1 rings (SSSR count). The highest BCUT2D eigenvalue weighted by Gasteiger charge is 2.13. The van der Waals surface area contributed by atoms with Crippen molar-refractivity contribution in [1.82, 2.24) is 0 Å². The standard InChI is InChI=1S/C13H18ClNO4/c1-17-8-9-18-6-3-7-19-13(16)10-4-2-5-11(15)12(10)14/h2,4-5H,3,6-9,15H2,1H3. The zero-order valence-electron chi connectivity index (χ0n) is 10.9. The van der Waals surface area contributed by atoms with Gasteiger partial charge in [-0.1, -0.05) is 17.7 Å². The van der Waals surface area contributed by atoms with Crippen LogP contribution < -0.4 is 5.73 Å². The van der Waals surface area contributed by atoms with Crippen molar-refractivity contribution in [1.29, 1.82) is 0 Å². The van der Waals surface area contributed by atoms with E-state index >= 15 is 0 Å². The largest absolute Gasteiger partial charge is 0.462 e. The topological polar surface area (TPSA) is 70.8 Å². The van der Waals surface area contributed by atoms with Gasteiger partial charge in [0.25, 0.3) is 0 Å². The van der Waals surface area contributed by atoms with Crippen LogP contribution in [-0.2, 0) is 14.2 Å². The Morgan fingerprint density at radius 1 is 1.26 bits per heavy atom. The highest BCUT2D eigenvalue weighted by atomic mass is 35.5. The predicted molar refractivity (Wildman–Crippen MR) is 73.5 cm³/mol. The van der Waals surface area contributed by atoms with E-state index in [0.717, 1.165) is 0 Å². The molecule has 0 saturated carbocycles. The van der Waals surface area contributed by atoms with Gasteiger partial charge >= 0.3 is 5.97 Å². The van der Waals surface area contributed by atoms with E-state index in [2.05, 4.69) is 0 Å². The van der Waals surface area contributed by atoms with Gasteiger partial charge in [-0.15, -0.1) is 0 Å². The van der Waals surface area contributed by atoms with E-state index in [1.54, 1.807) is 25.3 Å². The monoisotopic (exact) mass is 287 g/mol. The van der Waals surface area contributed by atoms with Crippen LogP contribution in [0.4, 0.5) is 5.69 Å².